The molecule has 0 spiro atoms. The van der Waals surface area contributed by atoms with E-state index in [0.717, 1.165) is 23.2 Å². The Kier molecular flexibility index (Phi) is 7.50. The van der Waals surface area contributed by atoms with Crippen molar-refractivity contribution in [1.82, 2.24) is 10.3 Å². The number of methoxy groups -OCH3 is 2. The first-order valence-corrected chi connectivity index (χ1v) is 10.5. The SMILES string of the molecule is CCc1c(CNCC(C)O)cccc1Nc1c(C(N)=O)cnc2cc(OC)c(OC)cc12. The minimum Gasteiger partial charge on any atom is -0.493 e. The second-order valence-corrected chi connectivity index (χ2v) is 7.54. The van der Waals surface area contributed by atoms with Gasteiger partial charge in [-0.25, -0.2) is 0 Å². The van der Waals surface area contributed by atoms with Crippen molar-refractivity contribution in [1.29, 1.82) is 0 Å². The van der Waals surface area contributed by atoms with Crippen molar-refractivity contribution in [3.63, 3.8) is 0 Å². The summed E-state index contributed by atoms with van der Waals surface area (Å²) in [5.74, 6) is 0.494. The maximum Gasteiger partial charge on any atom is 0.252 e. The Bertz CT molecular complexity index is 1110. The van der Waals surface area contributed by atoms with Gasteiger partial charge in [0.05, 0.1) is 37.1 Å². The first kappa shape index (κ1) is 23.3. The largest absolute Gasteiger partial charge is 0.493 e. The number of aliphatic hydroxyl groups excluding tert-OH is 1. The highest BCUT2D eigenvalue weighted by Crippen LogP contribution is 2.37. The monoisotopic (exact) mass is 438 g/mol. The van der Waals surface area contributed by atoms with Crippen LogP contribution in [0.1, 0.15) is 35.3 Å². The third-order valence-corrected chi connectivity index (χ3v) is 5.28. The Morgan fingerprint density at radius 1 is 1.22 bits per heavy atom. The fourth-order valence-electron chi connectivity index (χ4n) is 3.73. The van der Waals surface area contributed by atoms with Gasteiger partial charge in [-0.15, -0.1) is 0 Å². The standard InChI is InChI=1S/C24H30N4O4/c1-5-16-15(12-26-11-14(2)29)7-6-8-19(16)28-23-17-9-21(31-3)22(32-4)10-20(17)27-13-18(23)24(25)30/h6-10,13-14,26,29H,5,11-12H2,1-4H3,(H2,25,30)(H,27,28). The van der Waals surface area contributed by atoms with Crippen LogP contribution in [0.25, 0.3) is 10.9 Å². The minimum absolute atomic E-state index is 0.282. The molecule has 3 aromatic rings. The average molecular weight is 439 g/mol. The molecule has 5 N–H and O–H groups in total. The van der Waals surface area contributed by atoms with Crippen LogP contribution in [-0.2, 0) is 13.0 Å². The van der Waals surface area contributed by atoms with E-state index in [4.69, 9.17) is 15.2 Å². The van der Waals surface area contributed by atoms with Gasteiger partial charge in [0.25, 0.3) is 5.91 Å². The second kappa shape index (κ2) is 10.3. The third-order valence-electron chi connectivity index (χ3n) is 5.28. The summed E-state index contributed by atoms with van der Waals surface area (Å²) < 4.78 is 10.8. The zero-order valence-corrected chi connectivity index (χ0v) is 18.9. The Labute approximate surface area is 187 Å². The molecule has 8 heteroatoms. The number of nitrogens with two attached hydrogens (primary N) is 1. The van der Waals surface area contributed by atoms with E-state index in [1.165, 1.54) is 6.20 Å². The molecule has 0 bridgehead atoms. The molecule has 1 amide bonds. The van der Waals surface area contributed by atoms with E-state index in [9.17, 15) is 9.90 Å². The lowest BCUT2D eigenvalue weighted by Gasteiger charge is -2.19. The summed E-state index contributed by atoms with van der Waals surface area (Å²) in [6, 6.07) is 9.52. The molecule has 1 unspecified atom stereocenters. The number of aliphatic hydroxyl groups is 1. The van der Waals surface area contributed by atoms with E-state index in [1.807, 2.05) is 18.2 Å². The first-order chi connectivity index (χ1) is 15.4. The number of carbonyl (C=O) groups is 1. The molecule has 1 heterocycles. The lowest BCUT2D eigenvalue weighted by Crippen LogP contribution is -2.24. The van der Waals surface area contributed by atoms with Crippen LogP contribution in [0.3, 0.4) is 0 Å². The van der Waals surface area contributed by atoms with Gasteiger partial charge in [0, 0.05) is 36.4 Å². The molecule has 0 saturated heterocycles. The summed E-state index contributed by atoms with van der Waals surface area (Å²) in [5.41, 5.74) is 10.2. The zero-order valence-electron chi connectivity index (χ0n) is 18.9. The van der Waals surface area contributed by atoms with Gasteiger partial charge in [-0.1, -0.05) is 19.1 Å². The Hall–Kier alpha value is -3.36. The maximum atomic E-state index is 12.2. The average Bonchev–Trinajstić information content (AvgIpc) is 2.78. The molecule has 32 heavy (non-hydrogen) atoms. The molecule has 0 radical (unpaired) electrons. The van der Waals surface area contributed by atoms with E-state index in [1.54, 1.807) is 33.3 Å². The number of hydrogen-bond donors (Lipinski definition) is 4. The minimum atomic E-state index is -0.579. The molecule has 1 atom stereocenters. The highest BCUT2D eigenvalue weighted by atomic mass is 16.5. The lowest BCUT2D eigenvalue weighted by molar-refractivity contribution is 0.100. The summed E-state index contributed by atoms with van der Waals surface area (Å²) in [4.78, 5) is 16.6. The van der Waals surface area contributed by atoms with Crippen molar-refractivity contribution >= 4 is 28.2 Å². The zero-order chi connectivity index (χ0) is 23.3. The molecular weight excluding hydrogens is 408 g/mol. The predicted octanol–water partition coefficient (Wildman–Crippen LogP) is 3.13. The summed E-state index contributed by atoms with van der Waals surface area (Å²) in [6.07, 6.45) is 1.83. The molecule has 8 nitrogen and oxygen atoms in total. The molecule has 0 aliphatic heterocycles. The topological polar surface area (TPSA) is 119 Å². The number of amides is 1. The number of nitrogens with zero attached hydrogens (tertiary/aromatic N) is 1. The number of anilines is 2. The van der Waals surface area contributed by atoms with Crippen LogP contribution in [0.5, 0.6) is 11.5 Å². The predicted molar refractivity (Wildman–Crippen MR) is 126 cm³/mol. The van der Waals surface area contributed by atoms with Gasteiger partial charge in [0.1, 0.15) is 0 Å². The Balaban J connectivity index is 2.11. The lowest BCUT2D eigenvalue weighted by atomic mass is 10.0. The van der Waals surface area contributed by atoms with E-state index in [0.29, 0.717) is 41.2 Å². The molecule has 2 aromatic carbocycles. The van der Waals surface area contributed by atoms with Crippen LogP contribution >= 0.6 is 0 Å². The summed E-state index contributed by atoms with van der Waals surface area (Å²) >= 11 is 0. The molecule has 3 rings (SSSR count). The van der Waals surface area contributed by atoms with Crippen LogP contribution < -0.4 is 25.8 Å². The molecular formula is C24H30N4O4. The number of pyridine rings is 1. The van der Waals surface area contributed by atoms with Crippen molar-refractivity contribution in [2.45, 2.75) is 32.9 Å². The van der Waals surface area contributed by atoms with Crippen LogP contribution in [-0.4, -0.2) is 42.9 Å². The molecule has 1 aromatic heterocycles. The van der Waals surface area contributed by atoms with Gasteiger partial charge in [0.15, 0.2) is 11.5 Å². The van der Waals surface area contributed by atoms with Crippen LogP contribution in [0.2, 0.25) is 0 Å². The van der Waals surface area contributed by atoms with Gasteiger partial charge in [-0.05, 0) is 36.6 Å². The molecule has 0 fully saturated rings. The van der Waals surface area contributed by atoms with E-state index in [2.05, 4.69) is 22.5 Å². The number of primary amides is 1. The third kappa shape index (κ3) is 4.92. The van der Waals surface area contributed by atoms with Gasteiger partial charge < -0.3 is 30.9 Å². The molecule has 0 aliphatic carbocycles. The smallest absolute Gasteiger partial charge is 0.252 e. The normalized spacial score (nSPS) is 11.9. The molecule has 0 saturated carbocycles. The first-order valence-electron chi connectivity index (χ1n) is 10.5. The van der Waals surface area contributed by atoms with Gasteiger partial charge in [-0.3, -0.25) is 9.78 Å². The number of aromatic nitrogens is 1. The second-order valence-electron chi connectivity index (χ2n) is 7.54. The quantitative estimate of drug-likeness (QED) is 0.384. The number of hydrogen-bond acceptors (Lipinski definition) is 7. The number of nitrogens with one attached hydrogen (secondary N) is 2. The van der Waals surface area contributed by atoms with Crippen LogP contribution in [0.4, 0.5) is 11.4 Å². The van der Waals surface area contributed by atoms with Crippen molar-refractivity contribution in [2.24, 2.45) is 5.73 Å². The summed E-state index contributed by atoms with van der Waals surface area (Å²) in [6.45, 7) is 4.94. The van der Waals surface area contributed by atoms with E-state index in [-0.39, 0.29) is 5.56 Å². The van der Waals surface area contributed by atoms with Crippen LogP contribution in [0, 0.1) is 0 Å². The fraction of sp³-hybridized carbons (Fsp3) is 0.333. The highest BCUT2D eigenvalue weighted by molar-refractivity contribution is 6.08. The number of ether oxygens (including phenoxy) is 2. The van der Waals surface area contributed by atoms with Crippen LogP contribution in [0.15, 0.2) is 36.5 Å². The van der Waals surface area contributed by atoms with Crippen molar-refractivity contribution in [3.05, 3.63) is 53.2 Å². The van der Waals surface area contributed by atoms with Crippen molar-refractivity contribution < 1.29 is 19.4 Å². The Morgan fingerprint density at radius 3 is 2.56 bits per heavy atom. The van der Waals surface area contributed by atoms with E-state index < -0.39 is 12.0 Å². The van der Waals surface area contributed by atoms with Crippen molar-refractivity contribution in [2.75, 3.05) is 26.1 Å². The number of fused-ring (bicyclic) bond motifs is 1. The highest BCUT2D eigenvalue weighted by Gasteiger charge is 2.18. The Morgan fingerprint density at radius 2 is 1.94 bits per heavy atom. The number of carbonyl (C=O) groups excluding carboxylic acids is 1. The van der Waals surface area contributed by atoms with Gasteiger partial charge >= 0.3 is 0 Å². The fourth-order valence-corrected chi connectivity index (χ4v) is 3.73. The molecule has 0 aliphatic rings. The molecule has 170 valence electrons. The number of benzene rings is 2. The van der Waals surface area contributed by atoms with Gasteiger partial charge in [0.2, 0.25) is 0 Å². The van der Waals surface area contributed by atoms with E-state index >= 15 is 0 Å². The summed E-state index contributed by atoms with van der Waals surface area (Å²) in [5, 5.41) is 16.9. The summed E-state index contributed by atoms with van der Waals surface area (Å²) in [7, 11) is 3.12. The van der Waals surface area contributed by atoms with Gasteiger partial charge in [-0.2, -0.15) is 0 Å². The van der Waals surface area contributed by atoms with Crippen molar-refractivity contribution in [3.8, 4) is 11.5 Å². The maximum absolute atomic E-state index is 12.2. The number of rotatable bonds is 10.